The lowest BCUT2D eigenvalue weighted by Gasteiger charge is -2.21. The summed E-state index contributed by atoms with van der Waals surface area (Å²) in [6, 6.07) is 12.0. The number of phenolic OH excluding ortho intramolecular Hbond substituents is 1. The van der Waals surface area contributed by atoms with Gasteiger partial charge in [0.1, 0.15) is 22.5 Å². The van der Waals surface area contributed by atoms with E-state index >= 15 is 0 Å². The van der Waals surface area contributed by atoms with Gasteiger partial charge in [0.2, 0.25) is 0 Å². The molecule has 4 rings (SSSR count). The molecule has 0 amide bonds. The number of aliphatic hydroxyl groups is 2. The van der Waals surface area contributed by atoms with Crippen molar-refractivity contribution in [3.63, 3.8) is 0 Å². The third-order valence-corrected chi connectivity index (χ3v) is 4.58. The van der Waals surface area contributed by atoms with Crippen LogP contribution in [0, 0.1) is 6.92 Å². The number of aromatic nitrogens is 3. The molecule has 4 aromatic rings. The molecule has 3 N–H and O–H groups in total. The van der Waals surface area contributed by atoms with Crippen LogP contribution in [-0.4, -0.2) is 60.6 Å². The van der Waals surface area contributed by atoms with E-state index in [2.05, 4.69) is 0 Å². The van der Waals surface area contributed by atoms with E-state index in [1.165, 1.54) is 0 Å². The SMILES string of the molecule is Cc1cc(CN(CCO)CCO)c(O)c(-n2n3c4ccccc4n23)c1. The van der Waals surface area contributed by atoms with Crippen molar-refractivity contribution in [1.29, 1.82) is 0 Å². The van der Waals surface area contributed by atoms with Crippen LogP contribution in [0.5, 0.6) is 5.75 Å². The number of fused-ring (bicyclic) bond motifs is 4. The van der Waals surface area contributed by atoms with E-state index in [0.717, 1.165) is 27.8 Å². The number of aryl methyl sites for hydroxylation is 1. The predicted molar refractivity (Wildman–Crippen MR) is 94.7 cm³/mol. The number of rotatable bonds is 7. The number of aromatic hydroxyl groups is 1. The van der Waals surface area contributed by atoms with E-state index in [-0.39, 0.29) is 19.0 Å². The molecule has 0 unspecified atom stereocenters. The van der Waals surface area contributed by atoms with Gasteiger partial charge in [-0.1, -0.05) is 18.2 Å². The Balaban J connectivity index is 1.71. The first kappa shape index (κ1) is 16.0. The lowest BCUT2D eigenvalue weighted by Crippen LogP contribution is -2.29. The molecule has 2 aromatic heterocycles. The summed E-state index contributed by atoms with van der Waals surface area (Å²) in [6.45, 7) is 3.42. The second-order valence-electron chi connectivity index (χ2n) is 6.37. The molecule has 0 fully saturated rings. The fourth-order valence-electron chi connectivity index (χ4n) is 3.40. The van der Waals surface area contributed by atoms with Crippen molar-refractivity contribution in [2.45, 2.75) is 13.5 Å². The monoisotopic (exact) mass is 342 g/mol. The van der Waals surface area contributed by atoms with Crippen LogP contribution in [0.3, 0.4) is 0 Å². The first-order valence-corrected chi connectivity index (χ1v) is 8.41. The first-order valence-electron chi connectivity index (χ1n) is 8.41. The maximum absolute atomic E-state index is 10.8. The van der Waals surface area contributed by atoms with Crippen molar-refractivity contribution >= 4 is 11.0 Å². The van der Waals surface area contributed by atoms with Gasteiger partial charge in [0, 0.05) is 25.2 Å². The summed E-state index contributed by atoms with van der Waals surface area (Å²) in [6.07, 6.45) is 0. The molecule has 7 heteroatoms. The zero-order valence-electron chi connectivity index (χ0n) is 14.1. The molecule has 0 aliphatic carbocycles. The summed E-state index contributed by atoms with van der Waals surface area (Å²) in [5.41, 5.74) is 4.81. The average molecular weight is 342 g/mol. The molecule has 0 saturated heterocycles. The van der Waals surface area contributed by atoms with E-state index < -0.39 is 0 Å². The topological polar surface area (TPSA) is 77.7 Å². The highest BCUT2D eigenvalue weighted by atomic mass is 16.3. The lowest BCUT2D eigenvalue weighted by molar-refractivity contribution is 0.155. The largest absolute Gasteiger partial charge is 0.505 e. The minimum atomic E-state index is 0.0163. The Hall–Kier alpha value is -2.48. The van der Waals surface area contributed by atoms with Gasteiger partial charge in [0.15, 0.2) is 0 Å². The summed E-state index contributed by atoms with van der Waals surface area (Å²) >= 11 is 0. The molecule has 132 valence electrons. The van der Waals surface area contributed by atoms with Crippen LogP contribution in [0.2, 0.25) is 0 Å². The molecule has 0 aliphatic heterocycles. The van der Waals surface area contributed by atoms with Gasteiger partial charge in [-0.05, 0) is 30.7 Å². The molecular weight excluding hydrogens is 320 g/mol. The standard InChI is InChI=1S/C18H22N4O3/c1-13-10-14(12-19(6-8-23)7-9-24)18(25)17(11-13)22-20-15-4-2-3-5-16(15)21(20)22/h2-5,10-11,23-25H,6-9,12H2,1H3. The van der Waals surface area contributed by atoms with E-state index in [9.17, 15) is 15.3 Å². The number of nitrogens with zero attached hydrogens (tertiary/aromatic N) is 4. The summed E-state index contributed by atoms with van der Waals surface area (Å²) in [5, 5.41) is 29.2. The Kier molecular flexibility index (Phi) is 3.91. The van der Waals surface area contributed by atoms with Gasteiger partial charge in [-0.15, -0.1) is 14.1 Å². The Morgan fingerprint density at radius 2 is 1.56 bits per heavy atom. The molecule has 0 aliphatic rings. The maximum atomic E-state index is 10.8. The third-order valence-electron chi connectivity index (χ3n) is 4.58. The van der Waals surface area contributed by atoms with Crippen molar-refractivity contribution in [3.05, 3.63) is 47.5 Å². The normalized spacial score (nSPS) is 12.3. The molecule has 0 radical (unpaired) electrons. The molecule has 0 bridgehead atoms. The summed E-state index contributed by atoms with van der Waals surface area (Å²) in [7, 11) is 0. The minimum Gasteiger partial charge on any atom is -0.505 e. The van der Waals surface area contributed by atoms with Crippen LogP contribution in [0.1, 0.15) is 11.1 Å². The van der Waals surface area contributed by atoms with E-state index in [1.807, 2.05) is 62.3 Å². The molecule has 0 saturated carbocycles. The summed E-state index contributed by atoms with van der Waals surface area (Å²) < 4.78 is 4.01. The smallest absolute Gasteiger partial charge is 0.147 e. The average Bonchev–Trinajstić information content (AvgIpc) is 3.25. The Morgan fingerprint density at radius 1 is 0.960 bits per heavy atom. The quantitative estimate of drug-likeness (QED) is 0.472. The maximum Gasteiger partial charge on any atom is 0.147 e. The summed E-state index contributed by atoms with van der Waals surface area (Å²) in [4.78, 5) is 3.86. The van der Waals surface area contributed by atoms with Crippen LogP contribution >= 0.6 is 0 Å². The second-order valence-corrected chi connectivity index (χ2v) is 6.37. The van der Waals surface area contributed by atoms with Crippen LogP contribution in [0.4, 0.5) is 0 Å². The fraction of sp³-hybridized carbons (Fsp3) is 0.333. The predicted octanol–water partition coefficient (Wildman–Crippen LogP) is 1.22. The molecule has 25 heavy (non-hydrogen) atoms. The number of aliphatic hydroxyl groups excluding tert-OH is 2. The molecule has 0 atom stereocenters. The van der Waals surface area contributed by atoms with E-state index in [0.29, 0.717) is 19.6 Å². The van der Waals surface area contributed by atoms with Gasteiger partial charge >= 0.3 is 0 Å². The molecular formula is C18H22N4O3. The molecule has 7 nitrogen and oxygen atoms in total. The van der Waals surface area contributed by atoms with Gasteiger partial charge in [-0.2, -0.15) is 0 Å². The number of phenols is 1. The number of hydrogen-bond donors (Lipinski definition) is 3. The van der Waals surface area contributed by atoms with Crippen molar-refractivity contribution in [3.8, 4) is 11.4 Å². The second kappa shape index (κ2) is 6.11. The van der Waals surface area contributed by atoms with E-state index in [1.54, 1.807) is 0 Å². The fourth-order valence-corrected chi connectivity index (χ4v) is 3.40. The third kappa shape index (κ3) is 2.57. The Labute approximate surface area is 144 Å². The van der Waals surface area contributed by atoms with Gasteiger partial charge < -0.3 is 15.3 Å². The van der Waals surface area contributed by atoms with Gasteiger partial charge in [0.25, 0.3) is 0 Å². The highest BCUT2D eigenvalue weighted by molar-refractivity contribution is 5.79. The Morgan fingerprint density at radius 3 is 2.12 bits per heavy atom. The molecule has 2 heterocycles. The number of para-hydroxylation sites is 2. The van der Waals surface area contributed by atoms with Crippen molar-refractivity contribution in [2.24, 2.45) is 0 Å². The van der Waals surface area contributed by atoms with Crippen LogP contribution in [-0.2, 0) is 6.54 Å². The highest BCUT2D eigenvalue weighted by Gasteiger charge is 2.26. The van der Waals surface area contributed by atoms with Gasteiger partial charge in [-0.25, -0.2) is 0 Å². The lowest BCUT2D eigenvalue weighted by atomic mass is 10.1. The summed E-state index contributed by atoms with van der Waals surface area (Å²) in [5.74, 6) is 0.229. The van der Waals surface area contributed by atoms with Crippen LogP contribution in [0.25, 0.3) is 16.7 Å². The first-order chi connectivity index (χ1) is 12.2. The number of hydrogen-bond acceptors (Lipinski definition) is 4. The number of benzene rings is 2. The van der Waals surface area contributed by atoms with Crippen LogP contribution < -0.4 is 0 Å². The molecule has 0 spiro atoms. The Bertz CT molecular complexity index is 949. The van der Waals surface area contributed by atoms with E-state index in [4.69, 9.17) is 0 Å². The van der Waals surface area contributed by atoms with Crippen molar-refractivity contribution in [1.82, 2.24) is 19.0 Å². The van der Waals surface area contributed by atoms with Crippen molar-refractivity contribution < 1.29 is 15.3 Å². The minimum absolute atomic E-state index is 0.0163. The molecule has 2 aromatic carbocycles. The van der Waals surface area contributed by atoms with Crippen molar-refractivity contribution in [2.75, 3.05) is 26.3 Å². The van der Waals surface area contributed by atoms with Gasteiger partial charge in [0.05, 0.1) is 13.2 Å². The zero-order valence-corrected chi connectivity index (χ0v) is 14.1. The highest BCUT2D eigenvalue weighted by Crippen LogP contribution is 2.33. The van der Waals surface area contributed by atoms with Crippen LogP contribution in [0.15, 0.2) is 36.4 Å². The van der Waals surface area contributed by atoms with Gasteiger partial charge in [-0.3, -0.25) is 4.90 Å². The zero-order chi connectivity index (χ0) is 17.6.